The predicted octanol–water partition coefficient (Wildman–Crippen LogP) is 2.79. The van der Waals surface area contributed by atoms with E-state index in [-0.39, 0.29) is 5.91 Å². The number of fused-ring (bicyclic) bond motifs is 1. The standard InChI is InChI=1S/C22H29N7OS/c1-4-29(5-2)22-25-14-19(31-22)17-10-16-11-20(24-13-18(16)23-12-17)26-21(30)15-28-8-6-27(3)7-9-28/h10-14H,4-9,15H2,1-3H3,(H,24,26,30). The first-order chi connectivity index (χ1) is 15.1. The zero-order valence-corrected chi connectivity index (χ0v) is 19.2. The molecule has 0 saturated carbocycles. The van der Waals surface area contributed by atoms with Crippen molar-refractivity contribution in [2.45, 2.75) is 13.8 Å². The van der Waals surface area contributed by atoms with Crippen LogP contribution in [0.2, 0.25) is 0 Å². The van der Waals surface area contributed by atoms with Crippen LogP contribution in [0.4, 0.5) is 10.9 Å². The number of nitrogens with zero attached hydrogens (tertiary/aromatic N) is 6. The predicted molar refractivity (Wildman–Crippen MR) is 127 cm³/mol. The number of likely N-dealkylation sites (N-methyl/N-ethyl adjacent to an activating group) is 1. The van der Waals surface area contributed by atoms with Gasteiger partial charge < -0.3 is 15.1 Å². The molecule has 1 fully saturated rings. The Balaban J connectivity index is 1.48. The number of thiazole rings is 1. The molecule has 0 atom stereocenters. The van der Waals surface area contributed by atoms with Crippen molar-refractivity contribution in [1.29, 1.82) is 0 Å². The second-order valence-corrected chi connectivity index (χ2v) is 8.80. The van der Waals surface area contributed by atoms with Gasteiger partial charge in [0.1, 0.15) is 5.82 Å². The zero-order chi connectivity index (χ0) is 21.8. The summed E-state index contributed by atoms with van der Waals surface area (Å²) in [7, 11) is 2.11. The molecule has 0 aliphatic carbocycles. The molecular weight excluding hydrogens is 410 g/mol. The highest BCUT2D eigenvalue weighted by Gasteiger charge is 2.17. The molecule has 31 heavy (non-hydrogen) atoms. The minimum atomic E-state index is -0.0353. The molecule has 1 saturated heterocycles. The van der Waals surface area contributed by atoms with Gasteiger partial charge in [0.2, 0.25) is 5.91 Å². The van der Waals surface area contributed by atoms with E-state index in [0.29, 0.717) is 12.4 Å². The average Bonchev–Trinajstić information content (AvgIpc) is 3.26. The molecule has 0 bridgehead atoms. The molecule has 1 aliphatic rings. The van der Waals surface area contributed by atoms with Crippen molar-refractivity contribution in [3.63, 3.8) is 0 Å². The quantitative estimate of drug-likeness (QED) is 0.606. The van der Waals surface area contributed by atoms with Gasteiger partial charge >= 0.3 is 0 Å². The van der Waals surface area contributed by atoms with E-state index in [1.807, 2.05) is 18.5 Å². The third kappa shape index (κ3) is 5.17. The molecule has 0 radical (unpaired) electrons. The van der Waals surface area contributed by atoms with Crippen LogP contribution in [0.25, 0.3) is 21.3 Å². The van der Waals surface area contributed by atoms with Crippen LogP contribution < -0.4 is 10.2 Å². The molecule has 4 heterocycles. The molecule has 164 valence electrons. The van der Waals surface area contributed by atoms with Gasteiger partial charge in [-0.1, -0.05) is 11.3 Å². The van der Waals surface area contributed by atoms with Crippen LogP contribution in [0.1, 0.15) is 13.8 Å². The Morgan fingerprint density at radius 3 is 2.58 bits per heavy atom. The number of piperazine rings is 1. The molecule has 1 amide bonds. The van der Waals surface area contributed by atoms with Gasteiger partial charge in [-0.2, -0.15) is 0 Å². The summed E-state index contributed by atoms with van der Waals surface area (Å²) >= 11 is 1.67. The highest BCUT2D eigenvalue weighted by molar-refractivity contribution is 7.18. The normalized spacial score (nSPS) is 15.3. The first kappa shape index (κ1) is 21.6. The Labute approximate surface area is 186 Å². The van der Waals surface area contributed by atoms with Crippen LogP contribution in [0.15, 0.2) is 30.7 Å². The number of hydrogen-bond donors (Lipinski definition) is 1. The first-order valence-corrected chi connectivity index (χ1v) is 11.5. The second kappa shape index (κ2) is 9.67. The summed E-state index contributed by atoms with van der Waals surface area (Å²) < 4.78 is 0. The van der Waals surface area contributed by atoms with Crippen molar-refractivity contribution in [2.24, 2.45) is 0 Å². The number of hydrogen-bond acceptors (Lipinski definition) is 8. The first-order valence-electron chi connectivity index (χ1n) is 10.7. The lowest BCUT2D eigenvalue weighted by molar-refractivity contribution is -0.117. The van der Waals surface area contributed by atoms with Crippen LogP contribution >= 0.6 is 11.3 Å². The van der Waals surface area contributed by atoms with E-state index in [1.54, 1.807) is 17.5 Å². The summed E-state index contributed by atoms with van der Waals surface area (Å²) in [4.78, 5) is 33.7. The van der Waals surface area contributed by atoms with E-state index in [1.165, 1.54) is 0 Å². The summed E-state index contributed by atoms with van der Waals surface area (Å²) in [6.07, 6.45) is 5.47. The number of pyridine rings is 2. The highest BCUT2D eigenvalue weighted by Crippen LogP contribution is 2.32. The fraction of sp³-hybridized carbons (Fsp3) is 0.455. The number of aromatic nitrogens is 3. The van der Waals surface area contributed by atoms with E-state index < -0.39 is 0 Å². The van der Waals surface area contributed by atoms with E-state index >= 15 is 0 Å². The fourth-order valence-corrected chi connectivity index (χ4v) is 4.69. The average molecular weight is 440 g/mol. The molecule has 4 rings (SSSR count). The van der Waals surface area contributed by atoms with Crippen molar-refractivity contribution in [3.8, 4) is 10.4 Å². The Kier molecular flexibility index (Phi) is 6.74. The summed E-state index contributed by atoms with van der Waals surface area (Å²) in [5, 5.41) is 4.90. The summed E-state index contributed by atoms with van der Waals surface area (Å²) in [6, 6.07) is 3.97. The molecule has 1 aliphatic heterocycles. The zero-order valence-electron chi connectivity index (χ0n) is 18.3. The van der Waals surface area contributed by atoms with Gasteiger partial charge in [-0.3, -0.25) is 14.7 Å². The largest absolute Gasteiger partial charge is 0.349 e. The SMILES string of the molecule is CCN(CC)c1ncc(-c2cnc3cnc(NC(=O)CN4CCN(C)CC4)cc3c2)s1. The number of anilines is 2. The molecule has 0 unspecified atom stereocenters. The number of carbonyl (C=O) groups excluding carboxylic acids is 1. The van der Waals surface area contributed by atoms with Gasteiger partial charge in [-0.25, -0.2) is 9.97 Å². The minimum Gasteiger partial charge on any atom is -0.349 e. The maximum absolute atomic E-state index is 12.5. The van der Waals surface area contributed by atoms with Crippen molar-refractivity contribution in [3.05, 3.63) is 30.7 Å². The Morgan fingerprint density at radius 1 is 1.06 bits per heavy atom. The van der Waals surface area contributed by atoms with E-state index in [9.17, 15) is 4.79 Å². The topological polar surface area (TPSA) is 77.5 Å². The molecule has 0 spiro atoms. The summed E-state index contributed by atoms with van der Waals surface area (Å²) in [5.74, 6) is 0.519. The number of amides is 1. The highest BCUT2D eigenvalue weighted by atomic mass is 32.1. The maximum Gasteiger partial charge on any atom is 0.239 e. The van der Waals surface area contributed by atoms with Crippen molar-refractivity contribution >= 4 is 39.1 Å². The van der Waals surface area contributed by atoms with Gasteiger partial charge in [0.25, 0.3) is 0 Å². The van der Waals surface area contributed by atoms with Gasteiger partial charge in [0, 0.05) is 62.6 Å². The number of rotatable bonds is 7. The van der Waals surface area contributed by atoms with E-state index in [2.05, 4.69) is 61.9 Å². The summed E-state index contributed by atoms with van der Waals surface area (Å²) in [5.41, 5.74) is 1.82. The Hall–Kier alpha value is -2.62. The van der Waals surface area contributed by atoms with Crippen LogP contribution in [0.3, 0.4) is 0 Å². The van der Waals surface area contributed by atoms with Crippen molar-refractivity contribution in [2.75, 3.05) is 63.1 Å². The molecule has 3 aromatic rings. The Bertz CT molecular complexity index is 1040. The monoisotopic (exact) mass is 439 g/mol. The van der Waals surface area contributed by atoms with Gasteiger partial charge in [-0.05, 0) is 33.0 Å². The van der Waals surface area contributed by atoms with Crippen molar-refractivity contribution in [1.82, 2.24) is 24.8 Å². The lowest BCUT2D eigenvalue weighted by Crippen LogP contribution is -2.47. The van der Waals surface area contributed by atoms with Crippen molar-refractivity contribution < 1.29 is 4.79 Å². The van der Waals surface area contributed by atoms with Crippen LogP contribution in [0.5, 0.6) is 0 Å². The van der Waals surface area contributed by atoms with Gasteiger partial charge in [0.05, 0.1) is 23.1 Å². The maximum atomic E-state index is 12.5. The molecule has 8 nitrogen and oxygen atoms in total. The third-order valence-corrected chi connectivity index (χ3v) is 6.72. The molecule has 9 heteroatoms. The van der Waals surface area contributed by atoms with Crippen LogP contribution in [-0.2, 0) is 4.79 Å². The fourth-order valence-electron chi connectivity index (χ4n) is 3.66. The van der Waals surface area contributed by atoms with E-state index in [4.69, 9.17) is 0 Å². The minimum absolute atomic E-state index is 0.0353. The lowest BCUT2D eigenvalue weighted by Gasteiger charge is -2.31. The van der Waals surface area contributed by atoms with E-state index in [0.717, 1.165) is 65.7 Å². The smallest absolute Gasteiger partial charge is 0.239 e. The van der Waals surface area contributed by atoms with Crippen LogP contribution in [0, 0.1) is 0 Å². The molecule has 3 aromatic heterocycles. The second-order valence-electron chi connectivity index (χ2n) is 7.79. The molecular formula is C22H29N7OS. The Morgan fingerprint density at radius 2 is 1.84 bits per heavy atom. The van der Waals surface area contributed by atoms with Gasteiger partial charge in [-0.15, -0.1) is 0 Å². The van der Waals surface area contributed by atoms with Crippen LogP contribution in [-0.4, -0.2) is 83.5 Å². The summed E-state index contributed by atoms with van der Waals surface area (Å²) in [6.45, 7) is 10.3. The number of nitrogens with one attached hydrogen (secondary N) is 1. The van der Waals surface area contributed by atoms with Gasteiger partial charge in [0.15, 0.2) is 5.13 Å². The molecule has 1 N–H and O–H groups in total. The number of carbonyl (C=O) groups is 1. The lowest BCUT2D eigenvalue weighted by atomic mass is 10.2. The third-order valence-electron chi connectivity index (χ3n) is 5.61. The molecule has 0 aromatic carbocycles.